The predicted molar refractivity (Wildman–Crippen MR) is 234 cm³/mol. The molecule has 0 saturated heterocycles. The van der Waals surface area contributed by atoms with E-state index < -0.39 is 0 Å². The molecule has 0 spiro atoms. The van der Waals surface area contributed by atoms with Crippen molar-refractivity contribution >= 4 is 109 Å². The second kappa shape index (κ2) is 11.1. The Bertz CT molecular complexity index is 2530. The lowest BCUT2D eigenvalue weighted by molar-refractivity contribution is 1.29. The van der Waals surface area contributed by atoms with Gasteiger partial charge < -0.3 is 4.90 Å². The lowest BCUT2D eigenvalue weighted by atomic mass is 9.16. The van der Waals surface area contributed by atoms with Crippen molar-refractivity contribution in [1.29, 1.82) is 0 Å². The van der Waals surface area contributed by atoms with Crippen molar-refractivity contribution in [2.75, 3.05) is 4.90 Å². The summed E-state index contributed by atoms with van der Waals surface area (Å²) in [6, 6.07) is 50.5. The van der Waals surface area contributed by atoms with E-state index in [0.29, 0.717) is 0 Å². The molecular weight excluding hydrogens is 634 g/mol. The summed E-state index contributed by atoms with van der Waals surface area (Å²) in [6.07, 6.45) is 0. The summed E-state index contributed by atoms with van der Waals surface area (Å²) < 4.78 is 0. The number of hydrogen-bond acceptors (Lipinski definition) is 1. The maximum atomic E-state index is 2.69. The molecule has 7 aromatic rings. The van der Waals surface area contributed by atoms with Crippen LogP contribution < -0.4 is 70.5 Å². The third-order valence-corrected chi connectivity index (χ3v) is 12.9. The van der Waals surface area contributed by atoms with E-state index >= 15 is 0 Å². The molecule has 4 aliphatic rings. The molecule has 0 saturated carbocycles. The molecule has 1 nitrogen and oxygen atoms in total. The van der Waals surface area contributed by atoms with Crippen molar-refractivity contribution < 1.29 is 0 Å². The van der Waals surface area contributed by atoms with E-state index in [9.17, 15) is 0 Å². The summed E-state index contributed by atoms with van der Waals surface area (Å²) in [4.78, 5) is 2.69. The number of nitrogens with zero attached hydrogens (tertiary/aromatic N) is 1. The van der Waals surface area contributed by atoms with Gasteiger partial charge in [-0.25, -0.2) is 0 Å². The molecule has 0 N–H and O–H groups in total. The van der Waals surface area contributed by atoms with Crippen LogP contribution in [0.5, 0.6) is 0 Å². The molecule has 11 rings (SSSR count). The van der Waals surface area contributed by atoms with Crippen LogP contribution in [0.2, 0.25) is 0 Å². The highest BCUT2D eigenvalue weighted by Crippen LogP contribution is 2.38. The molecule has 0 amide bonds. The van der Waals surface area contributed by atoms with E-state index in [1.807, 2.05) is 0 Å². The molecule has 0 aromatic heterocycles. The van der Waals surface area contributed by atoms with Gasteiger partial charge in [-0.1, -0.05) is 203 Å². The van der Waals surface area contributed by atoms with Gasteiger partial charge in [-0.05, 0) is 64.6 Å². The first-order valence-corrected chi connectivity index (χ1v) is 19.3. The Morgan fingerprint density at radius 1 is 0.302 bits per heavy atom. The van der Waals surface area contributed by atoms with E-state index in [2.05, 4.69) is 174 Å². The summed E-state index contributed by atoms with van der Waals surface area (Å²) >= 11 is 0. The van der Waals surface area contributed by atoms with Crippen LogP contribution in [0.1, 0.15) is 33.4 Å². The zero-order chi connectivity index (χ0) is 35.9. The summed E-state index contributed by atoms with van der Waals surface area (Å²) in [5.41, 5.74) is 29.2. The number of aryl methyl sites for hydroxylation is 6. The van der Waals surface area contributed by atoms with Crippen molar-refractivity contribution in [3.63, 3.8) is 0 Å². The summed E-state index contributed by atoms with van der Waals surface area (Å²) in [7, 11) is 0. The molecule has 0 atom stereocenters. The van der Waals surface area contributed by atoms with Crippen LogP contribution in [0, 0.1) is 41.5 Å². The Morgan fingerprint density at radius 3 is 1.08 bits per heavy atom. The van der Waals surface area contributed by atoms with Crippen LogP contribution in [-0.2, 0) is 0 Å². The third kappa shape index (κ3) is 4.31. The van der Waals surface area contributed by atoms with Crippen LogP contribution in [-0.4, -0.2) is 26.9 Å². The van der Waals surface area contributed by atoms with Gasteiger partial charge in [0.05, 0.1) is 0 Å². The smallest absolute Gasteiger partial charge is 0.245 e. The Kier molecular flexibility index (Phi) is 6.50. The number of fused-ring (bicyclic) bond motifs is 10. The molecule has 4 aliphatic heterocycles. The van der Waals surface area contributed by atoms with Crippen LogP contribution in [0.3, 0.4) is 0 Å². The van der Waals surface area contributed by atoms with Crippen molar-refractivity contribution in [2.45, 2.75) is 41.5 Å². The summed E-state index contributed by atoms with van der Waals surface area (Å²) in [5.74, 6) is 0. The fourth-order valence-corrected chi connectivity index (χ4v) is 10.6. The highest BCUT2D eigenvalue weighted by atomic mass is 15.2. The first kappa shape index (κ1) is 31.2. The fourth-order valence-electron chi connectivity index (χ4n) is 10.6. The van der Waals surface area contributed by atoms with Crippen molar-refractivity contribution in [1.82, 2.24) is 0 Å². The number of benzene rings is 7. The largest absolute Gasteiger partial charge is 0.313 e. The van der Waals surface area contributed by atoms with Gasteiger partial charge in [0.1, 0.15) is 0 Å². The van der Waals surface area contributed by atoms with Gasteiger partial charge in [0, 0.05) is 17.1 Å². The van der Waals surface area contributed by atoms with Gasteiger partial charge in [0.25, 0.3) is 0 Å². The SMILES string of the molecule is Cc1ccc(B2c3cc(C)ccc3B3c4cc(C)ccc4N4c5ccc(C)cc5B5c6ccc(C)cc6B(c6ccc(C)cc6)c6cc2c3c4c65)cc1. The summed E-state index contributed by atoms with van der Waals surface area (Å²) in [6.45, 7) is 14.0. The van der Waals surface area contributed by atoms with Crippen LogP contribution in [0.4, 0.5) is 17.1 Å². The zero-order valence-electron chi connectivity index (χ0n) is 31.4. The third-order valence-electron chi connectivity index (χ3n) is 12.9. The molecule has 0 radical (unpaired) electrons. The predicted octanol–water partition coefficient (Wildman–Crippen LogP) is 2.33. The Balaban J connectivity index is 1.34. The molecule has 7 aromatic carbocycles. The molecule has 0 unspecified atom stereocenters. The summed E-state index contributed by atoms with van der Waals surface area (Å²) in [5, 5.41) is 0. The molecule has 4 heterocycles. The molecule has 5 heteroatoms. The van der Waals surface area contributed by atoms with E-state index in [1.54, 1.807) is 0 Å². The van der Waals surface area contributed by atoms with Crippen LogP contribution in [0.15, 0.2) is 127 Å². The van der Waals surface area contributed by atoms with Crippen molar-refractivity contribution in [3.05, 3.63) is 161 Å². The minimum atomic E-state index is 0.127. The number of rotatable bonds is 2. The monoisotopic (exact) mass is 673 g/mol. The minimum absolute atomic E-state index is 0.127. The highest BCUT2D eigenvalue weighted by Gasteiger charge is 2.52. The van der Waals surface area contributed by atoms with Crippen LogP contribution in [0.25, 0.3) is 0 Å². The van der Waals surface area contributed by atoms with Crippen LogP contribution >= 0.6 is 0 Å². The normalized spacial score (nSPS) is 14.0. The standard InChI is InChI=1S/C48H39B4N/c1-28-7-15-34(16-8-28)49-38-23-30(3)11-19-36(38)51-40-25-32(5)13-21-44(40)53-45-22-14-33(6)26-41(45)52-37-20-12-31(4)24-39(37)50(35-17-9-29(2)10-18-35)43-27-42(49)46(51)48(53)47(43)52/h7-27H,1-6H3. The zero-order valence-corrected chi connectivity index (χ0v) is 31.4. The minimum Gasteiger partial charge on any atom is -0.313 e. The molecule has 248 valence electrons. The van der Waals surface area contributed by atoms with Crippen molar-refractivity contribution in [2.24, 2.45) is 0 Å². The Morgan fingerprint density at radius 2 is 0.660 bits per heavy atom. The number of anilines is 3. The fraction of sp³-hybridized carbons (Fsp3) is 0.125. The van der Waals surface area contributed by atoms with Gasteiger partial charge in [-0.3, -0.25) is 0 Å². The molecule has 0 fully saturated rings. The lowest BCUT2D eigenvalue weighted by Gasteiger charge is -2.50. The molecular formula is C48H39B4N. The highest BCUT2D eigenvalue weighted by molar-refractivity contribution is 7.16. The molecule has 53 heavy (non-hydrogen) atoms. The second-order valence-corrected chi connectivity index (χ2v) is 16.5. The maximum absolute atomic E-state index is 2.69. The topological polar surface area (TPSA) is 3.24 Å². The van der Waals surface area contributed by atoms with E-state index in [4.69, 9.17) is 0 Å². The first-order chi connectivity index (χ1) is 25.7. The van der Waals surface area contributed by atoms with E-state index in [-0.39, 0.29) is 26.9 Å². The van der Waals surface area contributed by atoms with Gasteiger partial charge in [0.15, 0.2) is 0 Å². The quantitative estimate of drug-likeness (QED) is 0.255. The second-order valence-electron chi connectivity index (χ2n) is 16.5. The average Bonchev–Trinajstić information content (AvgIpc) is 3.15. The average molecular weight is 673 g/mol. The van der Waals surface area contributed by atoms with E-state index in [0.717, 1.165) is 0 Å². The van der Waals surface area contributed by atoms with Gasteiger partial charge in [0.2, 0.25) is 26.9 Å². The van der Waals surface area contributed by atoms with Crippen molar-refractivity contribution in [3.8, 4) is 0 Å². The Labute approximate surface area is 315 Å². The maximum Gasteiger partial charge on any atom is 0.245 e. The van der Waals surface area contributed by atoms with Gasteiger partial charge >= 0.3 is 0 Å². The molecule has 0 bridgehead atoms. The Hall–Kier alpha value is -5.40. The van der Waals surface area contributed by atoms with E-state index in [1.165, 1.54) is 116 Å². The number of hydrogen-bond donors (Lipinski definition) is 0. The molecule has 0 aliphatic carbocycles. The van der Waals surface area contributed by atoms with Gasteiger partial charge in [-0.2, -0.15) is 0 Å². The lowest BCUT2D eigenvalue weighted by Crippen LogP contribution is -2.83. The van der Waals surface area contributed by atoms with Gasteiger partial charge in [-0.15, -0.1) is 0 Å². The first-order valence-electron chi connectivity index (χ1n) is 19.3.